The van der Waals surface area contributed by atoms with Crippen LogP contribution in [0.15, 0.2) is 36.7 Å². The van der Waals surface area contributed by atoms with E-state index >= 15 is 0 Å². The molecule has 0 spiro atoms. The molecule has 2 aromatic rings. The van der Waals surface area contributed by atoms with Crippen molar-refractivity contribution in [3.8, 4) is 0 Å². The lowest BCUT2D eigenvalue weighted by molar-refractivity contribution is -0.129. The van der Waals surface area contributed by atoms with Crippen molar-refractivity contribution in [3.63, 3.8) is 0 Å². The number of carbonyl (C=O) groups is 1. The molecule has 0 fully saturated rings. The van der Waals surface area contributed by atoms with E-state index in [4.69, 9.17) is 11.6 Å². The molecule has 1 atom stereocenters. The molecule has 0 aliphatic rings. The van der Waals surface area contributed by atoms with Gasteiger partial charge >= 0.3 is 0 Å². The van der Waals surface area contributed by atoms with Crippen LogP contribution in [0.25, 0.3) is 0 Å². The van der Waals surface area contributed by atoms with E-state index in [9.17, 15) is 14.3 Å². The van der Waals surface area contributed by atoms with Gasteiger partial charge in [-0.2, -0.15) is 5.10 Å². The zero-order chi connectivity index (χ0) is 15.2. The van der Waals surface area contributed by atoms with Gasteiger partial charge in [-0.25, -0.2) is 4.39 Å². The Morgan fingerprint density at radius 2 is 2.14 bits per heavy atom. The minimum atomic E-state index is -1.30. The summed E-state index contributed by atoms with van der Waals surface area (Å²) in [6.45, 7) is 1.01. The Bertz CT molecular complexity index is 601. The number of amides is 1. The molecule has 2 N–H and O–H groups in total. The fourth-order valence-electron chi connectivity index (χ4n) is 1.81. The Kier molecular flexibility index (Phi) is 5.30. The lowest BCUT2D eigenvalue weighted by Gasteiger charge is -2.11. The summed E-state index contributed by atoms with van der Waals surface area (Å²) >= 11 is 5.73. The Hall–Kier alpha value is -1.92. The number of hydrogen-bond donors (Lipinski definition) is 2. The van der Waals surface area contributed by atoms with E-state index in [1.54, 1.807) is 17.1 Å². The second kappa shape index (κ2) is 7.19. The van der Waals surface area contributed by atoms with Gasteiger partial charge in [-0.3, -0.25) is 9.48 Å². The first-order valence-corrected chi connectivity index (χ1v) is 6.83. The van der Waals surface area contributed by atoms with Crippen molar-refractivity contribution in [3.05, 3.63) is 53.1 Å². The number of aromatic nitrogens is 2. The molecule has 1 amide bonds. The molecule has 0 saturated carbocycles. The molecule has 2 rings (SSSR count). The minimum Gasteiger partial charge on any atom is -0.378 e. The fraction of sp³-hybridized carbons (Fsp3) is 0.286. The zero-order valence-corrected chi connectivity index (χ0v) is 11.9. The van der Waals surface area contributed by atoms with Gasteiger partial charge in [0.25, 0.3) is 5.91 Å². The Morgan fingerprint density at radius 1 is 1.43 bits per heavy atom. The Labute approximate surface area is 126 Å². The van der Waals surface area contributed by atoms with Crippen molar-refractivity contribution in [2.75, 3.05) is 6.54 Å². The molecule has 5 nitrogen and oxygen atoms in total. The third kappa shape index (κ3) is 4.54. The molecule has 0 aliphatic carbocycles. The average molecular weight is 312 g/mol. The van der Waals surface area contributed by atoms with E-state index in [1.807, 2.05) is 0 Å². The maximum absolute atomic E-state index is 12.8. The lowest BCUT2D eigenvalue weighted by Crippen LogP contribution is -2.30. The summed E-state index contributed by atoms with van der Waals surface area (Å²) in [5.41, 5.74) is 0.354. The molecule has 0 bridgehead atoms. The van der Waals surface area contributed by atoms with Crippen LogP contribution in [0.2, 0.25) is 5.02 Å². The van der Waals surface area contributed by atoms with Gasteiger partial charge in [0.15, 0.2) is 6.10 Å². The van der Waals surface area contributed by atoms with Crippen molar-refractivity contribution in [1.82, 2.24) is 15.1 Å². The topological polar surface area (TPSA) is 67.2 Å². The van der Waals surface area contributed by atoms with Crippen LogP contribution in [0.1, 0.15) is 18.1 Å². The summed E-state index contributed by atoms with van der Waals surface area (Å²) in [6.07, 6.45) is 2.58. The largest absolute Gasteiger partial charge is 0.378 e. The molecule has 112 valence electrons. The number of hydrogen-bond acceptors (Lipinski definition) is 3. The monoisotopic (exact) mass is 311 g/mol. The van der Waals surface area contributed by atoms with Crippen LogP contribution in [0.3, 0.4) is 0 Å². The molecular formula is C14H15ClFN3O2. The number of rotatable bonds is 6. The highest BCUT2D eigenvalue weighted by Crippen LogP contribution is 2.13. The van der Waals surface area contributed by atoms with Crippen molar-refractivity contribution in [1.29, 1.82) is 0 Å². The van der Waals surface area contributed by atoms with E-state index in [0.717, 1.165) is 0 Å². The van der Waals surface area contributed by atoms with Crippen LogP contribution in [-0.2, 0) is 11.3 Å². The third-order valence-corrected chi connectivity index (χ3v) is 3.09. The van der Waals surface area contributed by atoms with E-state index in [-0.39, 0.29) is 0 Å². The van der Waals surface area contributed by atoms with E-state index in [1.165, 1.54) is 24.3 Å². The molecular weight excluding hydrogens is 297 g/mol. The maximum atomic E-state index is 12.8. The number of aliphatic hydroxyl groups is 1. The van der Waals surface area contributed by atoms with E-state index < -0.39 is 17.8 Å². The van der Waals surface area contributed by atoms with Gasteiger partial charge < -0.3 is 10.4 Å². The van der Waals surface area contributed by atoms with Gasteiger partial charge in [0, 0.05) is 19.3 Å². The predicted octanol–water partition coefficient (Wildman–Crippen LogP) is 1.92. The van der Waals surface area contributed by atoms with Gasteiger partial charge in [0.1, 0.15) is 5.82 Å². The standard InChI is InChI=1S/C14H15ClFN3O2/c15-11-8-18-19(9-11)7-1-6-17-14(21)13(20)10-2-4-12(16)5-3-10/h2-5,8-9,13,20H,1,6-7H2,(H,17,21)/t13-/m0/s1. The summed E-state index contributed by atoms with van der Waals surface area (Å²) in [6, 6.07) is 5.16. The molecule has 0 unspecified atom stereocenters. The SMILES string of the molecule is O=C(NCCCn1cc(Cl)cn1)[C@@H](O)c1ccc(F)cc1. The number of carbonyl (C=O) groups excluding carboxylic acids is 1. The van der Waals surface area contributed by atoms with Crippen molar-refractivity contribution >= 4 is 17.5 Å². The van der Waals surface area contributed by atoms with Crippen molar-refractivity contribution in [2.24, 2.45) is 0 Å². The molecule has 1 aromatic carbocycles. The van der Waals surface area contributed by atoms with Crippen LogP contribution in [0.4, 0.5) is 4.39 Å². The molecule has 1 aromatic heterocycles. The predicted molar refractivity (Wildman–Crippen MR) is 76.2 cm³/mol. The van der Waals surface area contributed by atoms with Crippen molar-refractivity contribution in [2.45, 2.75) is 19.1 Å². The number of nitrogens with zero attached hydrogens (tertiary/aromatic N) is 2. The highest BCUT2D eigenvalue weighted by Gasteiger charge is 2.16. The number of aliphatic hydroxyl groups excluding tert-OH is 1. The smallest absolute Gasteiger partial charge is 0.253 e. The van der Waals surface area contributed by atoms with Gasteiger partial charge in [-0.15, -0.1) is 0 Å². The number of aryl methyl sites for hydroxylation is 1. The van der Waals surface area contributed by atoms with Crippen LogP contribution >= 0.6 is 11.6 Å². The minimum absolute atomic E-state index is 0.354. The molecule has 21 heavy (non-hydrogen) atoms. The first-order chi connectivity index (χ1) is 10.1. The number of benzene rings is 1. The summed E-state index contributed by atoms with van der Waals surface area (Å²) in [5, 5.41) is 17.0. The normalized spacial score (nSPS) is 12.1. The summed E-state index contributed by atoms with van der Waals surface area (Å²) in [7, 11) is 0. The molecule has 0 aliphatic heterocycles. The summed E-state index contributed by atoms with van der Waals surface area (Å²) in [5.74, 6) is -0.927. The molecule has 1 heterocycles. The second-order valence-electron chi connectivity index (χ2n) is 4.52. The molecule has 7 heteroatoms. The van der Waals surface area contributed by atoms with Gasteiger partial charge in [-0.1, -0.05) is 23.7 Å². The van der Waals surface area contributed by atoms with Crippen molar-refractivity contribution < 1.29 is 14.3 Å². The zero-order valence-electron chi connectivity index (χ0n) is 11.2. The Balaban J connectivity index is 1.75. The van der Waals surface area contributed by atoms with Crippen LogP contribution < -0.4 is 5.32 Å². The van der Waals surface area contributed by atoms with Crippen LogP contribution in [0.5, 0.6) is 0 Å². The van der Waals surface area contributed by atoms with E-state index in [2.05, 4.69) is 10.4 Å². The summed E-state index contributed by atoms with van der Waals surface area (Å²) < 4.78 is 14.4. The molecule has 0 radical (unpaired) electrons. The van der Waals surface area contributed by atoms with Crippen LogP contribution in [-0.4, -0.2) is 27.3 Å². The first kappa shape index (κ1) is 15.5. The average Bonchev–Trinajstić information content (AvgIpc) is 2.89. The Morgan fingerprint density at radius 3 is 2.76 bits per heavy atom. The quantitative estimate of drug-likeness (QED) is 0.801. The van der Waals surface area contributed by atoms with Gasteiger partial charge in [0.05, 0.1) is 11.2 Å². The lowest BCUT2D eigenvalue weighted by atomic mass is 10.1. The van der Waals surface area contributed by atoms with Gasteiger partial charge in [0.2, 0.25) is 0 Å². The second-order valence-corrected chi connectivity index (χ2v) is 4.96. The first-order valence-electron chi connectivity index (χ1n) is 6.45. The van der Waals surface area contributed by atoms with Gasteiger partial charge in [-0.05, 0) is 24.1 Å². The highest BCUT2D eigenvalue weighted by atomic mass is 35.5. The molecule has 0 saturated heterocycles. The van der Waals surface area contributed by atoms with E-state index in [0.29, 0.717) is 30.1 Å². The highest BCUT2D eigenvalue weighted by molar-refractivity contribution is 6.30. The summed E-state index contributed by atoms with van der Waals surface area (Å²) in [4.78, 5) is 11.7. The number of nitrogens with one attached hydrogen (secondary N) is 1. The maximum Gasteiger partial charge on any atom is 0.253 e. The fourth-order valence-corrected chi connectivity index (χ4v) is 1.96. The van der Waals surface area contributed by atoms with Crippen LogP contribution in [0, 0.1) is 5.82 Å². The third-order valence-electron chi connectivity index (χ3n) is 2.90. The number of halogens is 2.